The van der Waals surface area contributed by atoms with Crippen LogP contribution in [0.2, 0.25) is 0 Å². The fraction of sp³-hybridized carbons (Fsp3) is 0.536. The highest BCUT2D eigenvalue weighted by atomic mass is 19.4. The van der Waals surface area contributed by atoms with E-state index in [0.29, 0.717) is 19.2 Å². The summed E-state index contributed by atoms with van der Waals surface area (Å²) in [5, 5.41) is 13.5. The molecular weight excluding hydrogens is 547 g/mol. The number of aromatic nitrogens is 3. The third-order valence-electron chi connectivity index (χ3n) is 8.35. The molecule has 0 saturated carbocycles. The molecule has 0 amide bonds. The summed E-state index contributed by atoms with van der Waals surface area (Å²) in [5.41, 5.74) is -4.88. The highest BCUT2D eigenvalue weighted by Crippen LogP contribution is 2.42. The number of rotatable bonds is 5. The van der Waals surface area contributed by atoms with Crippen molar-refractivity contribution in [2.75, 3.05) is 37.6 Å². The van der Waals surface area contributed by atoms with Gasteiger partial charge < -0.3 is 20.1 Å². The zero-order valence-corrected chi connectivity index (χ0v) is 21.7. The maximum absolute atomic E-state index is 16.4. The normalized spacial score (nSPS) is 31.0. The van der Waals surface area contributed by atoms with E-state index in [2.05, 4.69) is 20.3 Å². The topological polar surface area (TPSA) is 86.6 Å². The summed E-state index contributed by atoms with van der Waals surface area (Å²) in [6.45, 7) is -4.17. The minimum absolute atomic E-state index is 0.0563. The molecule has 4 fully saturated rings. The molecule has 1 aromatic carbocycles. The van der Waals surface area contributed by atoms with Gasteiger partial charge in [-0.05, 0) is 50.4 Å². The van der Waals surface area contributed by atoms with E-state index in [1.807, 2.05) is 4.90 Å². The number of aromatic hydroxyl groups is 1. The number of alkyl halides is 4. The number of piperazine rings is 1. The quantitative estimate of drug-likeness (QED) is 0.429. The monoisotopic (exact) mass is 580 g/mol. The number of anilines is 1. The molecule has 2 bridgehead atoms. The standard InChI is InChI=1S/C28H29F5N6O2/c29-15-9-27(6-1-7-39(27)11-15)14-41-26-36-24-20(25(37-26)38-12-16-2-3-17(13-38)35-16)10-34-23(22(24)30)19-8-18(40)4-5-21(19)28(31,32)33/h4-5,8,10,15-17,35,40H,1-3,6-7,9,11-14H2/t15-,16-,17+,27+/m1/s1/i7D2,14D2. The Bertz CT molecular complexity index is 1670. The van der Waals surface area contributed by atoms with Gasteiger partial charge in [-0.2, -0.15) is 23.1 Å². The van der Waals surface area contributed by atoms with Crippen molar-refractivity contribution in [3.8, 4) is 23.0 Å². The number of benzene rings is 1. The highest BCUT2D eigenvalue weighted by molar-refractivity contribution is 5.92. The van der Waals surface area contributed by atoms with Gasteiger partial charge in [-0.1, -0.05) is 0 Å². The van der Waals surface area contributed by atoms with E-state index in [1.54, 1.807) is 0 Å². The van der Waals surface area contributed by atoms with Gasteiger partial charge in [0.15, 0.2) is 5.82 Å². The number of nitrogens with one attached hydrogen (secondary N) is 1. The highest BCUT2D eigenvalue weighted by Gasteiger charge is 2.49. The predicted octanol–water partition coefficient (Wildman–Crippen LogP) is 4.45. The Labute approximate surface area is 238 Å². The second kappa shape index (κ2) is 9.62. The van der Waals surface area contributed by atoms with Gasteiger partial charge in [-0.3, -0.25) is 9.88 Å². The summed E-state index contributed by atoms with van der Waals surface area (Å²) < 4.78 is 113. The van der Waals surface area contributed by atoms with Gasteiger partial charge in [0.25, 0.3) is 0 Å². The molecule has 4 aliphatic rings. The Balaban J connectivity index is 1.38. The van der Waals surface area contributed by atoms with Crippen LogP contribution < -0.4 is 15.0 Å². The average Bonchev–Trinajstić information content (AvgIpc) is 3.58. The molecule has 2 N–H and O–H groups in total. The third kappa shape index (κ3) is 4.62. The summed E-state index contributed by atoms with van der Waals surface area (Å²) in [5.74, 6) is -1.67. The molecule has 7 rings (SSSR count). The van der Waals surface area contributed by atoms with Gasteiger partial charge in [-0.25, -0.2) is 8.78 Å². The van der Waals surface area contributed by atoms with Gasteiger partial charge in [0.1, 0.15) is 35.5 Å². The summed E-state index contributed by atoms with van der Waals surface area (Å²) in [6, 6.07) is 1.75. The number of ether oxygens (including phenoxy) is 1. The summed E-state index contributed by atoms with van der Waals surface area (Å²) in [4.78, 5) is 15.6. The molecule has 6 heterocycles. The first-order valence-electron chi connectivity index (χ1n) is 15.5. The maximum atomic E-state index is 16.4. The minimum Gasteiger partial charge on any atom is -0.508 e. The fourth-order valence-electron chi connectivity index (χ4n) is 6.49. The van der Waals surface area contributed by atoms with Crippen LogP contribution in [-0.2, 0) is 6.18 Å². The lowest BCUT2D eigenvalue weighted by Crippen LogP contribution is -2.51. The molecule has 4 aliphatic heterocycles. The molecule has 8 nitrogen and oxygen atoms in total. The number of phenols is 1. The van der Waals surface area contributed by atoms with Crippen LogP contribution in [0, 0.1) is 5.82 Å². The molecule has 13 heteroatoms. The first-order chi connectivity index (χ1) is 21.1. The van der Waals surface area contributed by atoms with Crippen molar-refractivity contribution in [2.45, 2.75) is 62.1 Å². The van der Waals surface area contributed by atoms with Gasteiger partial charge in [0.05, 0.1) is 19.2 Å². The van der Waals surface area contributed by atoms with Crippen molar-refractivity contribution in [3.63, 3.8) is 0 Å². The first-order valence-corrected chi connectivity index (χ1v) is 13.5. The van der Waals surface area contributed by atoms with Gasteiger partial charge in [-0.15, -0.1) is 0 Å². The van der Waals surface area contributed by atoms with Gasteiger partial charge in [0, 0.05) is 52.6 Å². The number of fused-ring (bicyclic) bond motifs is 4. The van der Waals surface area contributed by atoms with Crippen LogP contribution in [-0.4, -0.2) is 81.4 Å². The Morgan fingerprint density at radius 2 is 1.98 bits per heavy atom. The van der Waals surface area contributed by atoms with Crippen molar-refractivity contribution in [2.24, 2.45) is 0 Å². The molecule has 2 aromatic heterocycles. The number of phenolic OH excluding ortho intramolecular Hbond substituents is 1. The van der Waals surface area contributed by atoms with Crippen LogP contribution in [0.5, 0.6) is 11.8 Å². The number of nitrogens with zero attached hydrogens (tertiary/aromatic N) is 5. The molecule has 0 aliphatic carbocycles. The fourth-order valence-corrected chi connectivity index (χ4v) is 6.49. The van der Waals surface area contributed by atoms with E-state index < -0.39 is 70.9 Å². The van der Waals surface area contributed by atoms with E-state index in [0.717, 1.165) is 36.1 Å². The van der Waals surface area contributed by atoms with Crippen LogP contribution in [0.15, 0.2) is 24.4 Å². The van der Waals surface area contributed by atoms with Crippen LogP contribution >= 0.6 is 0 Å². The van der Waals surface area contributed by atoms with Crippen molar-refractivity contribution in [1.29, 1.82) is 0 Å². The van der Waals surface area contributed by atoms with E-state index >= 15 is 4.39 Å². The second-order valence-electron chi connectivity index (χ2n) is 11.1. The van der Waals surface area contributed by atoms with E-state index in [9.17, 15) is 22.7 Å². The van der Waals surface area contributed by atoms with E-state index in [4.69, 9.17) is 10.2 Å². The molecule has 218 valence electrons. The second-order valence-corrected chi connectivity index (χ2v) is 11.1. The Hall–Kier alpha value is -3.32. The Kier molecular flexibility index (Phi) is 5.23. The van der Waals surface area contributed by atoms with Crippen molar-refractivity contribution in [1.82, 2.24) is 25.2 Å². The van der Waals surface area contributed by atoms with E-state index in [1.165, 1.54) is 0 Å². The zero-order valence-electron chi connectivity index (χ0n) is 25.7. The SMILES string of the molecule is [2H]C1([2H])CC[C@@]2(C([2H])([2H])Oc3nc(N4C[C@H]5CC[C@@H](C4)N5)c4cnc(-c5cc(O)ccc5C(F)(F)F)c(F)c4n3)C[C@@H](F)CN12. The van der Waals surface area contributed by atoms with Crippen LogP contribution in [0.4, 0.5) is 27.8 Å². The summed E-state index contributed by atoms with van der Waals surface area (Å²) in [6.07, 6.45) is -3.97. The number of hydrogen-bond acceptors (Lipinski definition) is 8. The smallest absolute Gasteiger partial charge is 0.417 e. The lowest BCUT2D eigenvalue weighted by molar-refractivity contribution is -0.137. The summed E-state index contributed by atoms with van der Waals surface area (Å²) >= 11 is 0. The minimum atomic E-state index is -4.90. The molecule has 3 aromatic rings. The number of hydrogen-bond donors (Lipinski definition) is 2. The molecule has 41 heavy (non-hydrogen) atoms. The first kappa shape index (κ1) is 22.3. The molecule has 4 atom stereocenters. The van der Waals surface area contributed by atoms with Crippen LogP contribution in [0.25, 0.3) is 22.2 Å². The molecule has 0 radical (unpaired) electrons. The van der Waals surface area contributed by atoms with Gasteiger partial charge >= 0.3 is 12.2 Å². The number of pyridine rings is 1. The van der Waals surface area contributed by atoms with Crippen molar-refractivity contribution < 1.29 is 37.3 Å². The number of halogens is 5. The Morgan fingerprint density at radius 3 is 2.73 bits per heavy atom. The van der Waals surface area contributed by atoms with Crippen LogP contribution in [0.1, 0.15) is 43.2 Å². The maximum Gasteiger partial charge on any atom is 0.417 e. The van der Waals surface area contributed by atoms with E-state index in [-0.39, 0.29) is 49.1 Å². The molecule has 0 spiro atoms. The molecule has 4 saturated heterocycles. The zero-order chi connectivity index (χ0) is 32.1. The third-order valence-corrected chi connectivity index (χ3v) is 8.35. The molecular formula is C28H29F5N6O2. The van der Waals surface area contributed by atoms with Crippen molar-refractivity contribution in [3.05, 3.63) is 35.8 Å². The largest absolute Gasteiger partial charge is 0.508 e. The van der Waals surface area contributed by atoms with Crippen LogP contribution in [0.3, 0.4) is 0 Å². The predicted molar refractivity (Wildman–Crippen MR) is 140 cm³/mol. The Morgan fingerprint density at radius 1 is 1.20 bits per heavy atom. The van der Waals surface area contributed by atoms with Crippen molar-refractivity contribution >= 4 is 16.7 Å². The lowest BCUT2D eigenvalue weighted by atomic mass is 9.95. The van der Waals surface area contributed by atoms with Gasteiger partial charge in [0.2, 0.25) is 0 Å². The lowest BCUT2D eigenvalue weighted by Gasteiger charge is -2.34. The molecule has 0 unspecified atom stereocenters. The summed E-state index contributed by atoms with van der Waals surface area (Å²) in [7, 11) is 0. The average molecular weight is 581 g/mol.